The Hall–Kier alpha value is -3.05. The highest BCUT2D eigenvalue weighted by Crippen LogP contribution is 2.26. The molecule has 0 aliphatic rings. The van der Waals surface area contributed by atoms with Gasteiger partial charge in [0.15, 0.2) is 0 Å². The van der Waals surface area contributed by atoms with E-state index in [1.165, 1.54) is 94.8 Å². The number of carbonyl (C=O) groups excluding carboxylic acids is 2. The second-order valence-corrected chi connectivity index (χ2v) is 13.1. The average Bonchev–Trinajstić information content (AvgIpc) is 3.07. The van der Waals surface area contributed by atoms with Gasteiger partial charge < -0.3 is 9.47 Å². The third-order valence-corrected chi connectivity index (χ3v) is 9.20. The SMILES string of the molecule is CCCCCCCCCCOC(=O)c1ccc(OC(=O)c2ccc(-c3ccc(SCCCCCCCCCC)cc3)cc2)cc1. The molecule has 3 rings (SSSR count). The average molecular weight is 631 g/mol. The second-order valence-electron chi connectivity index (χ2n) is 11.9. The maximum absolute atomic E-state index is 12.7. The molecule has 45 heavy (non-hydrogen) atoms. The minimum atomic E-state index is -0.431. The fourth-order valence-electron chi connectivity index (χ4n) is 5.28. The van der Waals surface area contributed by atoms with E-state index in [1.54, 1.807) is 36.4 Å². The van der Waals surface area contributed by atoms with E-state index in [0.717, 1.165) is 29.7 Å². The standard InChI is InChI=1S/C40H54O4S/c1-3-5-7-9-11-13-15-17-31-43-39(41)35-23-27-37(28-24-35)44-40(42)36-21-19-33(20-22-36)34-25-29-38(30-26-34)45-32-18-16-14-12-10-8-6-4-2/h19-30H,3-18,31-32H2,1-2H3. The second kappa shape index (κ2) is 22.5. The number of unbranched alkanes of at least 4 members (excludes halogenated alkanes) is 14. The van der Waals surface area contributed by atoms with Crippen LogP contribution in [-0.4, -0.2) is 24.3 Å². The summed E-state index contributed by atoms with van der Waals surface area (Å²) in [6.45, 7) is 4.93. The van der Waals surface area contributed by atoms with Crippen LogP contribution in [0.2, 0.25) is 0 Å². The van der Waals surface area contributed by atoms with Gasteiger partial charge >= 0.3 is 11.9 Å². The van der Waals surface area contributed by atoms with Gasteiger partial charge in [0.2, 0.25) is 0 Å². The van der Waals surface area contributed by atoms with E-state index < -0.39 is 5.97 Å². The van der Waals surface area contributed by atoms with Crippen LogP contribution < -0.4 is 4.74 Å². The maximum Gasteiger partial charge on any atom is 0.343 e. The molecule has 3 aromatic carbocycles. The van der Waals surface area contributed by atoms with E-state index in [9.17, 15) is 9.59 Å². The molecule has 244 valence electrons. The molecule has 0 fully saturated rings. The highest BCUT2D eigenvalue weighted by Gasteiger charge is 2.12. The third-order valence-electron chi connectivity index (χ3n) is 8.11. The van der Waals surface area contributed by atoms with Gasteiger partial charge in [-0.15, -0.1) is 11.8 Å². The number of thioether (sulfide) groups is 1. The lowest BCUT2D eigenvalue weighted by atomic mass is 10.0. The quantitative estimate of drug-likeness (QED) is 0.0451. The van der Waals surface area contributed by atoms with Crippen LogP contribution in [0.3, 0.4) is 0 Å². The Balaban J connectivity index is 1.34. The molecular weight excluding hydrogens is 577 g/mol. The lowest BCUT2D eigenvalue weighted by molar-refractivity contribution is 0.0497. The van der Waals surface area contributed by atoms with Gasteiger partial charge in [0.25, 0.3) is 0 Å². The highest BCUT2D eigenvalue weighted by molar-refractivity contribution is 7.99. The molecule has 0 N–H and O–H groups in total. The van der Waals surface area contributed by atoms with Crippen LogP contribution in [0.25, 0.3) is 11.1 Å². The first-order valence-corrected chi connectivity index (χ1v) is 18.4. The van der Waals surface area contributed by atoms with Gasteiger partial charge in [0.05, 0.1) is 17.7 Å². The van der Waals surface area contributed by atoms with Crippen LogP contribution in [-0.2, 0) is 4.74 Å². The molecule has 0 bridgehead atoms. The zero-order chi connectivity index (χ0) is 32.0. The van der Waals surface area contributed by atoms with Crippen molar-refractivity contribution in [3.8, 4) is 16.9 Å². The normalized spacial score (nSPS) is 11.0. The van der Waals surface area contributed by atoms with Crippen molar-refractivity contribution >= 4 is 23.7 Å². The summed E-state index contributed by atoms with van der Waals surface area (Å²) < 4.78 is 11.0. The van der Waals surface area contributed by atoms with Crippen molar-refractivity contribution in [3.05, 3.63) is 83.9 Å². The number of ether oxygens (including phenoxy) is 2. The zero-order valence-electron chi connectivity index (χ0n) is 27.7. The van der Waals surface area contributed by atoms with Crippen LogP contribution in [0.1, 0.15) is 137 Å². The van der Waals surface area contributed by atoms with Crippen molar-refractivity contribution < 1.29 is 19.1 Å². The fourth-order valence-corrected chi connectivity index (χ4v) is 6.19. The number of hydrogen-bond donors (Lipinski definition) is 0. The molecule has 3 aromatic rings. The summed E-state index contributed by atoms with van der Waals surface area (Å²) in [6, 6.07) is 22.7. The Morgan fingerprint density at radius 3 is 1.51 bits per heavy atom. The maximum atomic E-state index is 12.7. The molecule has 0 aromatic heterocycles. The Kier molecular flexibility index (Phi) is 18.2. The third kappa shape index (κ3) is 14.7. The molecular formula is C40H54O4S. The van der Waals surface area contributed by atoms with Gasteiger partial charge in [0, 0.05) is 4.90 Å². The van der Waals surface area contributed by atoms with Crippen molar-refractivity contribution in [3.63, 3.8) is 0 Å². The monoisotopic (exact) mass is 630 g/mol. The minimum Gasteiger partial charge on any atom is -0.462 e. The highest BCUT2D eigenvalue weighted by atomic mass is 32.2. The first kappa shape index (κ1) is 36.4. The number of esters is 2. The van der Waals surface area contributed by atoms with E-state index in [-0.39, 0.29) is 5.97 Å². The Bertz CT molecular complexity index is 1220. The van der Waals surface area contributed by atoms with Gasteiger partial charge in [0.1, 0.15) is 5.75 Å². The predicted octanol–water partition coefficient (Wildman–Crippen LogP) is 12.1. The molecule has 0 saturated heterocycles. The summed E-state index contributed by atoms with van der Waals surface area (Å²) in [7, 11) is 0. The van der Waals surface area contributed by atoms with E-state index in [1.807, 2.05) is 23.9 Å². The van der Waals surface area contributed by atoms with Crippen molar-refractivity contribution in [2.45, 2.75) is 121 Å². The fraction of sp³-hybridized carbons (Fsp3) is 0.500. The molecule has 0 radical (unpaired) electrons. The van der Waals surface area contributed by atoms with E-state index in [2.05, 4.69) is 38.1 Å². The Labute approximate surface area is 276 Å². The molecule has 0 unspecified atom stereocenters. The smallest absolute Gasteiger partial charge is 0.343 e. The summed E-state index contributed by atoms with van der Waals surface area (Å²) in [5.41, 5.74) is 3.11. The molecule has 0 amide bonds. The van der Waals surface area contributed by atoms with Crippen LogP contribution in [0, 0.1) is 0 Å². The van der Waals surface area contributed by atoms with E-state index in [0.29, 0.717) is 23.5 Å². The summed E-state index contributed by atoms with van der Waals surface area (Å²) in [4.78, 5) is 26.4. The topological polar surface area (TPSA) is 52.6 Å². The molecule has 0 spiro atoms. The van der Waals surface area contributed by atoms with Crippen molar-refractivity contribution in [2.75, 3.05) is 12.4 Å². The molecule has 0 aliphatic carbocycles. The van der Waals surface area contributed by atoms with Crippen LogP contribution in [0.15, 0.2) is 77.7 Å². The summed E-state index contributed by atoms with van der Waals surface area (Å²) in [6.07, 6.45) is 20.4. The largest absolute Gasteiger partial charge is 0.462 e. The number of hydrogen-bond acceptors (Lipinski definition) is 5. The summed E-state index contributed by atoms with van der Waals surface area (Å²) >= 11 is 1.93. The number of rotatable bonds is 23. The molecule has 0 heterocycles. The van der Waals surface area contributed by atoms with Crippen molar-refractivity contribution in [1.29, 1.82) is 0 Å². The van der Waals surface area contributed by atoms with Crippen molar-refractivity contribution in [2.24, 2.45) is 0 Å². The van der Waals surface area contributed by atoms with Crippen molar-refractivity contribution in [1.82, 2.24) is 0 Å². The number of carbonyl (C=O) groups is 2. The zero-order valence-corrected chi connectivity index (χ0v) is 28.5. The Morgan fingerprint density at radius 1 is 0.511 bits per heavy atom. The number of benzene rings is 3. The van der Waals surface area contributed by atoms with Gasteiger partial charge in [-0.25, -0.2) is 9.59 Å². The summed E-state index contributed by atoms with van der Waals surface area (Å²) in [5.74, 6) is 0.779. The first-order valence-electron chi connectivity index (χ1n) is 17.4. The first-order chi connectivity index (χ1) is 22.1. The van der Waals surface area contributed by atoms with Crippen LogP contribution in [0.4, 0.5) is 0 Å². The van der Waals surface area contributed by atoms with Gasteiger partial charge in [-0.3, -0.25) is 0 Å². The summed E-state index contributed by atoms with van der Waals surface area (Å²) in [5, 5.41) is 0. The van der Waals surface area contributed by atoms with Gasteiger partial charge in [-0.2, -0.15) is 0 Å². The predicted molar refractivity (Wildman–Crippen MR) is 190 cm³/mol. The lowest BCUT2D eigenvalue weighted by Gasteiger charge is -2.08. The molecule has 5 heteroatoms. The molecule has 0 atom stereocenters. The van der Waals surface area contributed by atoms with E-state index in [4.69, 9.17) is 9.47 Å². The van der Waals surface area contributed by atoms with Gasteiger partial charge in [-0.05, 0) is 78.3 Å². The lowest BCUT2D eigenvalue weighted by Crippen LogP contribution is -2.09. The van der Waals surface area contributed by atoms with Crippen LogP contribution in [0.5, 0.6) is 5.75 Å². The minimum absolute atomic E-state index is 0.346. The molecule has 4 nitrogen and oxygen atoms in total. The van der Waals surface area contributed by atoms with E-state index >= 15 is 0 Å². The molecule has 0 aliphatic heterocycles. The molecule has 0 saturated carbocycles. The Morgan fingerprint density at radius 2 is 0.956 bits per heavy atom. The van der Waals surface area contributed by atoms with Crippen LogP contribution >= 0.6 is 11.8 Å². The van der Waals surface area contributed by atoms with Gasteiger partial charge in [-0.1, -0.05) is 128 Å².